The Morgan fingerprint density at radius 2 is 1.96 bits per heavy atom. The van der Waals surface area contributed by atoms with E-state index in [9.17, 15) is 9.18 Å². The second kappa shape index (κ2) is 8.14. The Morgan fingerprint density at radius 1 is 1.23 bits per heavy atom. The third kappa shape index (κ3) is 4.22. The van der Waals surface area contributed by atoms with Gasteiger partial charge in [0, 0.05) is 17.0 Å². The zero-order valence-corrected chi connectivity index (χ0v) is 16.5. The summed E-state index contributed by atoms with van der Waals surface area (Å²) < 4.78 is 13.2. The maximum Gasteiger partial charge on any atom is 0.230 e. The first-order valence-corrected chi connectivity index (χ1v) is 10.2. The van der Waals surface area contributed by atoms with Gasteiger partial charge in [0.15, 0.2) is 0 Å². The standard InChI is InChI=1S/C19H20FN3OS2/c1-11(2)12(3)23-16(24)9-26-19-17-15(8-25-18(17)21-10-22-19)13-4-6-14(20)7-5-13/h4-8,10-12H,9H2,1-3H3,(H,23,24). The molecule has 2 heterocycles. The maximum atomic E-state index is 13.2. The van der Waals surface area contributed by atoms with Crippen molar-refractivity contribution in [2.45, 2.75) is 31.8 Å². The van der Waals surface area contributed by atoms with Crippen LogP contribution in [0.15, 0.2) is 41.0 Å². The second-order valence-corrected chi connectivity index (χ2v) is 8.23. The van der Waals surface area contributed by atoms with E-state index < -0.39 is 0 Å². The largest absolute Gasteiger partial charge is 0.353 e. The summed E-state index contributed by atoms with van der Waals surface area (Å²) in [4.78, 5) is 21.7. The number of carbonyl (C=O) groups is 1. The summed E-state index contributed by atoms with van der Waals surface area (Å²) in [6, 6.07) is 6.50. The van der Waals surface area contributed by atoms with Gasteiger partial charge in [-0.1, -0.05) is 37.7 Å². The van der Waals surface area contributed by atoms with E-state index >= 15 is 0 Å². The van der Waals surface area contributed by atoms with Gasteiger partial charge in [-0.3, -0.25) is 4.79 Å². The van der Waals surface area contributed by atoms with E-state index in [-0.39, 0.29) is 17.8 Å². The van der Waals surface area contributed by atoms with E-state index in [0.717, 1.165) is 26.4 Å². The summed E-state index contributed by atoms with van der Waals surface area (Å²) in [7, 11) is 0. The molecule has 2 aromatic heterocycles. The Kier molecular flexibility index (Phi) is 5.88. The van der Waals surface area contributed by atoms with Crippen LogP contribution in [0.3, 0.4) is 0 Å². The van der Waals surface area contributed by atoms with E-state index in [1.807, 2.05) is 12.3 Å². The summed E-state index contributed by atoms with van der Waals surface area (Å²) in [6.07, 6.45) is 1.52. The van der Waals surface area contributed by atoms with Gasteiger partial charge in [-0.2, -0.15) is 0 Å². The van der Waals surface area contributed by atoms with E-state index in [0.29, 0.717) is 11.7 Å². The zero-order valence-electron chi connectivity index (χ0n) is 14.8. The van der Waals surface area contributed by atoms with Crippen LogP contribution in [0.25, 0.3) is 21.3 Å². The molecule has 0 radical (unpaired) electrons. The highest BCUT2D eigenvalue weighted by atomic mass is 32.2. The molecule has 0 spiro atoms. The lowest BCUT2D eigenvalue weighted by Gasteiger charge is -2.17. The quantitative estimate of drug-likeness (QED) is 0.488. The molecule has 1 N–H and O–H groups in total. The number of fused-ring (bicyclic) bond motifs is 1. The molecule has 1 atom stereocenters. The van der Waals surface area contributed by atoms with Crippen LogP contribution in [-0.2, 0) is 4.79 Å². The Labute approximate surface area is 160 Å². The van der Waals surface area contributed by atoms with E-state index in [2.05, 4.69) is 29.1 Å². The molecule has 1 aromatic carbocycles. The first kappa shape index (κ1) is 18.8. The van der Waals surface area contributed by atoms with Crippen LogP contribution in [0.4, 0.5) is 4.39 Å². The molecule has 0 aliphatic carbocycles. The highest BCUT2D eigenvalue weighted by Crippen LogP contribution is 2.37. The first-order chi connectivity index (χ1) is 12.5. The number of amides is 1. The molecule has 1 amide bonds. The van der Waals surface area contributed by atoms with Gasteiger partial charge in [-0.15, -0.1) is 11.3 Å². The SMILES string of the molecule is CC(C)C(C)NC(=O)CSc1ncnc2scc(-c3ccc(F)cc3)c12. The van der Waals surface area contributed by atoms with Crippen molar-refractivity contribution in [3.8, 4) is 11.1 Å². The first-order valence-electron chi connectivity index (χ1n) is 8.36. The third-order valence-electron chi connectivity index (χ3n) is 4.22. The number of thiophene rings is 1. The number of carbonyl (C=O) groups excluding carboxylic acids is 1. The van der Waals surface area contributed by atoms with Crippen LogP contribution >= 0.6 is 23.1 Å². The van der Waals surface area contributed by atoms with Gasteiger partial charge in [0.05, 0.1) is 11.1 Å². The fraction of sp³-hybridized carbons (Fsp3) is 0.316. The van der Waals surface area contributed by atoms with Crippen LogP contribution in [0.1, 0.15) is 20.8 Å². The Bertz CT molecular complexity index is 909. The predicted molar refractivity (Wildman–Crippen MR) is 106 cm³/mol. The number of thioether (sulfide) groups is 1. The molecule has 0 bridgehead atoms. The van der Waals surface area contributed by atoms with Crippen molar-refractivity contribution in [2.75, 3.05) is 5.75 Å². The predicted octanol–water partition coefficient (Wildman–Crippen LogP) is 4.75. The van der Waals surface area contributed by atoms with Crippen molar-refractivity contribution in [1.29, 1.82) is 0 Å². The number of hydrogen-bond acceptors (Lipinski definition) is 5. The van der Waals surface area contributed by atoms with Gasteiger partial charge in [0.2, 0.25) is 5.91 Å². The van der Waals surface area contributed by atoms with Crippen LogP contribution in [0.2, 0.25) is 0 Å². The lowest BCUT2D eigenvalue weighted by Crippen LogP contribution is -2.37. The van der Waals surface area contributed by atoms with Gasteiger partial charge in [0.25, 0.3) is 0 Å². The number of halogens is 1. The average Bonchev–Trinajstić information content (AvgIpc) is 3.05. The van der Waals surface area contributed by atoms with Crippen molar-refractivity contribution < 1.29 is 9.18 Å². The van der Waals surface area contributed by atoms with Crippen molar-refractivity contribution in [3.63, 3.8) is 0 Å². The van der Waals surface area contributed by atoms with Gasteiger partial charge in [-0.05, 0) is 30.5 Å². The van der Waals surface area contributed by atoms with Gasteiger partial charge < -0.3 is 5.32 Å². The number of aromatic nitrogens is 2. The molecule has 0 saturated carbocycles. The molecule has 4 nitrogen and oxygen atoms in total. The van der Waals surface area contributed by atoms with Crippen LogP contribution in [-0.4, -0.2) is 27.7 Å². The lowest BCUT2D eigenvalue weighted by atomic mass is 10.1. The highest BCUT2D eigenvalue weighted by Gasteiger charge is 2.16. The zero-order chi connectivity index (χ0) is 18.7. The highest BCUT2D eigenvalue weighted by molar-refractivity contribution is 8.00. The Balaban J connectivity index is 1.84. The molecular formula is C19H20FN3OS2. The monoisotopic (exact) mass is 389 g/mol. The molecule has 3 aromatic rings. The molecule has 7 heteroatoms. The van der Waals surface area contributed by atoms with E-state index in [1.54, 1.807) is 12.1 Å². The minimum atomic E-state index is -0.268. The molecule has 0 saturated heterocycles. The summed E-state index contributed by atoms with van der Waals surface area (Å²) in [5, 5.41) is 6.68. The number of hydrogen-bond donors (Lipinski definition) is 1. The maximum absolute atomic E-state index is 13.2. The normalized spacial score (nSPS) is 12.5. The fourth-order valence-corrected chi connectivity index (χ4v) is 4.20. The van der Waals surface area contributed by atoms with Crippen LogP contribution in [0.5, 0.6) is 0 Å². The van der Waals surface area contributed by atoms with Crippen LogP contribution in [0, 0.1) is 11.7 Å². The summed E-state index contributed by atoms with van der Waals surface area (Å²) >= 11 is 2.91. The molecule has 0 fully saturated rings. The van der Waals surface area contributed by atoms with Crippen LogP contribution < -0.4 is 5.32 Å². The van der Waals surface area contributed by atoms with Crippen molar-refractivity contribution >= 4 is 39.2 Å². The lowest BCUT2D eigenvalue weighted by molar-refractivity contribution is -0.119. The second-order valence-electron chi connectivity index (χ2n) is 6.40. The fourth-order valence-electron chi connectivity index (χ4n) is 2.40. The minimum Gasteiger partial charge on any atom is -0.353 e. The van der Waals surface area contributed by atoms with Gasteiger partial charge in [-0.25, -0.2) is 14.4 Å². The molecule has 0 aliphatic heterocycles. The Hall–Kier alpha value is -1.99. The molecular weight excluding hydrogens is 369 g/mol. The molecule has 1 unspecified atom stereocenters. The number of nitrogens with zero attached hydrogens (tertiary/aromatic N) is 2. The van der Waals surface area contributed by atoms with Gasteiger partial charge in [0.1, 0.15) is 22.0 Å². The Morgan fingerprint density at radius 3 is 2.65 bits per heavy atom. The van der Waals surface area contributed by atoms with Gasteiger partial charge >= 0.3 is 0 Å². The molecule has 26 heavy (non-hydrogen) atoms. The minimum absolute atomic E-state index is 0.0125. The topological polar surface area (TPSA) is 54.9 Å². The van der Waals surface area contributed by atoms with Crippen molar-refractivity contribution in [2.24, 2.45) is 5.92 Å². The van der Waals surface area contributed by atoms with E-state index in [1.165, 1.54) is 41.6 Å². The average molecular weight is 390 g/mol. The third-order valence-corrected chi connectivity index (χ3v) is 6.10. The van der Waals surface area contributed by atoms with E-state index in [4.69, 9.17) is 0 Å². The van der Waals surface area contributed by atoms with Crippen molar-refractivity contribution in [1.82, 2.24) is 15.3 Å². The molecule has 0 aliphatic rings. The van der Waals surface area contributed by atoms with Crippen molar-refractivity contribution in [3.05, 3.63) is 41.8 Å². The summed E-state index contributed by atoms with van der Waals surface area (Å²) in [6.45, 7) is 6.15. The number of nitrogens with one attached hydrogen (secondary N) is 1. The smallest absolute Gasteiger partial charge is 0.230 e. The molecule has 136 valence electrons. The number of benzene rings is 1. The number of rotatable bonds is 6. The molecule has 3 rings (SSSR count). The summed E-state index contributed by atoms with van der Waals surface area (Å²) in [5.74, 6) is 0.398. The summed E-state index contributed by atoms with van der Waals surface area (Å²) in [5.41, 5.74) is 1.87.